The Hall–Kier alpha value is -0.650. The van der Waals surface area contributed by atoms with Crippen molar-refractivity contribution < 1.29 is 0 Å². The number of rotatable bonds is 2. The number of halogens is 3. The zero-order chi connectivity index (χ0) is 11.5. The molecule has 3 N–H and O–H groups in total. The highest BCUT2D eigenvalue weighted by atomic mass is 35.5. The minimum Gasteiger partial charge on any atom is -0.340 e. The second kappa shape index (κ2) is 5.12. The molecule has 0 radical (unpaired) electrons. The summed E-state index contributed by atoms with van der Waals surface area (Å²) in [5.74, 6) is 0.654. The molecule has 0 saturated heterocycles. The minimum absolute atomic E-state index is 0.385. The Balaban J connectivity index is 2.13. The van der Waals surface area contributed by atoms with Gasteiger partial charge in [0.2, 0.25) is 0 Å². The summed E-state index contributed by atoms with van der Waals surface area (Å²) in [5, 5.41) is 3.70. The average molecular weight is 280 g/mol. The number of hydrogen-bond acceptors (Lipinski definition) is 4. The van der Waals surface area contributed by atoms with Crippen LogP contribution in [-0.2, 0) is 0 Å². The molecular formula is C9H9Cl3N4. The lowest BCUT2D eigenvalue weighted by Crippen LogP contribution is -2.49. The summed E-state index contributed by atoms with van der Waals surface area (Å²) in [6.45, 7) is 0. The third-order valence-corrected chi connectivity index (χ3v) is 2.65. The third-order valence-electron chi connectivity index (χ3n) is 1.91. The number of hydrogen-bond donors (Lipinski definition) is 3. The smallest absolute Gasteiger partial charge is 0.120 e. The van der Waals surface area contributed by atoms with Gasteiger partial charge in [-0.05, 0) is 18.2 Å². The highest BCUT2D eigenvalue weighted by Gasteiger charge is 2.15. The Morgan fingerprint density at radius 1 is 1.31 bits per heavy atom. The maximum absolute atomic E-state index is 6.00. The molecule has 0 saturated carbocycles. The minimum atomic E-state index is -0.385. The van der Waals surface area contributed by atoms with Crippen molar-refractivity contribution in [1.82, 2.24) is 15.5 Å². The van der Waals surface area contributed by atoms with Crippen LogP contribution in [0.3, 0.4) is 0 Å². The molecule has 2 rings (SSSR count). The van der Waals surface area contributed by atoms with Gasteiger partial charge in [-0.25, -0.2) is 5.43 Å². The Bertz CT molecular complexity index is 409. The molecule has 1 aliphatic heterocycles. The van der Waals surface area contributed by atoms with E-state index in [0.717, 1.165) is 10.3 Å². The zero-order valence-corrected chi connectivity index (χ0v) is 10.3. The van der Waals surface area contributed by atoms with Crippen LogP contribution in [0.2, 0.25) is 5.02 Å². The molecule has 0 aromatic heterocycles. The fourth-order valence-electron chi connectivity index (χ4n) is 1.24. The normalized spacial score (nSPS) is 21.2. The van der Waals surface area contributed by atoms with Gasteiger partial charge in [-0.1, -0.05) is 40.0 Å². The molecule has 1 unspecified atom stereocenters. The summed E-state index contributed by atoms with van der Waals surface area (Å²) in [5.41, 5.74) is 5.92. The topological polar surface area (TPSA) is 39.3 Å². The van der Waals surface area contributed by atoms with Crippen molar-refractivity contribution in [3.8, 4) is 0 Å². The molecule has 86 valence electrons. The Kier molecular flexibility index (Phi) is 3.78. The molecule has 7 heteroatoms. The van der Waals surface area contributed by atoms with Gasteiger partial charge in [0, 0.05) is 11.8 Å². The first-order chi connectivity index (χ1) is 7.65. The van der Waals surface area contributed by atoms with Gasteiger partial charge in [-0.3, -0.25) is 5.43 Å². The Labute approximate surface area is 108 Å². The second-order valence-corrected chi connectivity index (χ2v) is 4.32. The third kappa shape index (κ3) is 2.93. The van der Waals surface area contributed by atoms with Crippen LogP contribution in [0.15, 0.2) is 36.2 Å². The predicted molar refractivity (Wildman–Crippen MR) is 66.8 cm³/mol. The summed E-state index contributed by atoms with van der Waals surface area (Å²) >= 11 is 17.6. The molecule has 0 amide bonds. The summed E-state index contributed by atoms with van der Waals surface area (Å²) in [4.78, 5) is 0. The molecule has 0 aliphatic carbocycles. The van der Waals surface area contributed by atoms with Crippen molar-refractivity contribution in [1.29, 1.82) is 0 Å². The molecule has 1 aliphatic rings. The lowest BCUT2D eigenvalue weighted by atomic mass is 10.3. The largest absolute Gasteiger partial charge is 0.340 e. The van der Waals surface area contributed by atoms with E-state index in [1.807, 2.05) is 18.2 Å². The fraction of sp³-hybridized carbons (Fsp3) is 0.111. The van der Waals surface area contributed by atoms with Crippen molar-refractivity contribution in [3.05, 3.63) is 41.2 Å². The van der Waals surface area contributed by atoms with Gasteiger partial charge < -0.3 is 5.32 Å². The van der Waals surface area contributed by atoms with Crippen molar-refractivity contribution in [2.45, 2.75) is 5.50 Å². The van der Waals surface area contributed by atoms with Crippen molar-refractivity contribution >= 4 is 40.7 Å². The number of alkyl halides is 1. The molecule has 16 heavy (non-hydrogen) atoms. The summed E-state index contributed by atoms with van der Waals surface area (Å²) in [6, 6.07) is 7.39. The van der Waals surface area contributed by atoms with E-state index < -0.39 is 0 Å². The van der Waals surface area contributed by atoms with Crippen LogP contribution in [0.4, 0.5) is 5.69 Å². The number of nitrogens with one attached hydrogen (secondary N) is 3. The van der Waals surface area contributed by atoms with Crippen LogP contribution in [0.1, 0.15) is 0 Å². The molecule has 1 aromatic rings. The highest BCUT2D eigenvalue weighted by Crippen LogP contribution is 2.22. The van der Waals surface area contributed by atoms with Crippen molar-refractivity contribution in [3.63, 3.8) is 0 Å². The van der Waals surface area contributed by atoms with Gasteiger partial charge in [0.25, 0.3) is 0 Å². The Morgan fingerprint density at radius 2 is 2.06 bits per heavy atom. The Morgan fingerprint density at radius 3 is 2.75 bits per heavy atom. The van der Waals surface area contributed by atoms with Crippen LogP contribution in [0.5, 0.6) is 0 Å². The van der Waals surface area contributed by atoms with E-state index >= 15 is 0 Å². The number of anilines is 1. The standard InChI is InChI=1S/C9H9Cl3N4/c10-6-3-1-2-4-7(6)13-9-5-8(11)14-16(12)15-9/h1-5,8,13-15H. The van der Waals surface area contributed by atoms with Gasteiger partial charge in [0.05, 0.1) is 10.7 Å². The van der Waals surface area contributed by atoms with Crippen LogP contribution < -0.4 is 16.2 Å². The molecule has 1 heterocycles. The molecule has 0 bridgehead atoms. The molecule has 1 aromatic carbocycles. The monoisotopic (exact) mass is 278 g/mol. The second-order valence-electron chi connectivity index (χ2n) is 3.11. The summed E-state index contributed by atoms with van der Waals surface area (Å²) in [6.07, 6.45) is 1.74. The maximum atomic E-state index is 6.00. The first-order valence-electron chi connectivity index (χ1n) is 4.51. The van der Waals surface area contributed by atoms with Gasteiger partial charge in [-0.2, -0.15) is 0 Å². The van der Waals surface area contributed by atoms with E-state index in [4.69, 9.17) is 35.0 Å². The number of hydrazine groups is 2. The van der Waals surface area contributed by atoms with Gasteiger partial charge in [0.15, 0.2) is 0 Å². The van der Waals surface area contributed by atoms with Crippen molar-refractivity contribution in [2.24, 2.45) is 0 Å². The SMILES string of the molecule is Clc1ccccc1NC1=CC(Cl)NN(Cl)N1. The number of nitrogens with zero attached hydrogens (tertiary/aromatic N) is 1. The molecular weight excluding hydrogens is 270 g/mol. The van der Waals surface area contributed by atoms with Gasteiger partial charge in [0.1, 0.15) is 11.3 Å². The zero-order valence-electron chi connectivity index (χ0n) is 8.05. The van der Waals surface area contributed by atoms with Crippen LogP contribution >= 0.6 is 35.0 Å². The first kappa shape index (κ1) is 11.8. The lowest BCUT2D eigenvalue weighted by Gasteiger charge is -2.27. The highest BCUT2D eigenvalue weighted by molar-refractivity contribution is 6.33. The van der Waals surface area contributed by atoms with Crippen LogP contribution in [0.25, 0.3) is 0 Å². The van der Waals surface area contributed by atoms with Crippen molar-refractivity contribution in [2.75, 3.05) is 5.32 Å². The molecule has 0 fully saturated rings. The van der Waals surface area contributed by atoms with E-state index in [9.17, 15) is 0 Å². The van der Waals surface area contributed by atoms with E-state index in [2.05, 4.69) is 16.2 Å². The van der Waals surface area contributed by atoms with E-state index in [0.29, 0.717) is 10.8 Å². The molecule has 1 atom stereocenters. The van der Waals surface area contributed by atoms with Gasteiger partial charge >= 0.3 is 0 Å². The molecule has 0 spiro atoms. The van der Waals surface area contributed by atoms with E-state index in [1.165, 1.54) is 0 Å². The quantitative estimate of drug-likeness (QED) is 0.442. The molecule has 4 nitrogen and oxygen atoms in total. The van der Waals surface area contributed by atoms with Crippen LogP contribution in [0, 0.1) is 0 Å². The summed E-state index contributed by atoms with van der Waals surface area (Å²) < 4.78 is 1.15. The first-order valence-corrected chi connectivity index (χ1v) is 5.66. The number of benzene rings is 1. The maximum Gasteiger partial charge on any atom is 0.120 e. The average Bonchev–Trinajstić information content (AvgIpc) is 2.20. The van der Waals surface area contributed by atoms with Gasteiger partial charge in [-0.15, -0.1) is 0 Å². The predicted octanol–water partition coefficient (Wildman–Crippen LogP) is 2.64. The lowest BCUT2D eigenvalue weighted by molar-refractivity contribution is 0.261. The summed E-state index contributed by atoms with van der Waals surface area (Å²) in [7, 11) is 0. The van der Waals surface area contributed by atoms with E-state index in [-0.39, 0.29) is 5.50 Å². The number of para-hydroxylation sites is 1. The fourth-order valence-corrected chi connectivity index (χ4v) is 1.90. The van der Waals surface area contributed by atoms with E-state index in [1.54, 1.807) is 12.1 Å². The van der Waals surface area contributed by atoms with Crippen LogP contribution in [-0.4, -0.2) is 10.1 Å².